The van der Waals surface area contributed by atoms with E-state index in [1.54, 1.807) is 41.1 Å². The molecule has 0 aliphatic carbocycles. The number of hydrogen-bond donors (Lipinski definition) is 0. The van der Waals surface area contributed by atoms with Crippen molar-refractivity contribution in [3.8, 4) is 11.4 Å². The molecule has 0 aliphatic heterocycles. The zero-order chi connectivity index (χ0) is 21.3. The van der Waals surface area contributed by atoms with Crippen LogP contribution in [0.4, 0.5) is 4.39 Å². The Hall–Kier alpha value is -3.66. The van der Waals surface area contributed by atoms with E-state index < -0.39 is 12.6 Å². The van der Waals surface area contributed by atoms with Gasteiger partial charge in [-0.2, -0.15) is 4.68 Å². The molecule has 0 amide bonds. The van der Waals surface area contributed by atoms with Gasteiger partial charge in [0, 0.05) is 22.6 Å². The quantitative estimate of drug-likeness (QED) is 0.348. The molecule has 0 unspecified atom stereocenters. The molecule has 0 bridgehead atoms. The first-order chi connectivity index (χ1) is 14.5. The molecule has 0 saturated carbocycles. The first-order valence-electron chi connectivity index (χ1n) is 8.91. The maximum absolute atomic E-state index is 13.6. The number of Topliss-reactive ketones (excluding diaryl/α,β-unsaturated/α-hetero) is 1. The van der Waals surface area contributed by atoms with E-state index in [4.69, 9.17) is 4.74 Å². The van der Waals surface area contributed by atoms with Crippen LogP contribution in [0.2, 0.25) is 0 Å². The zero-order valence-corrected chi connectivity index (χ0v) is 16.9. The summed E-state index contributed by atoms with van der Waals surface area (Å²) in [6.07, 6.45) is 1.37. The standard InChI is InChI=1S/C20H16FN5O3S/c1-12-8-16(13(2)26(12)15-5-3-4-14(21)9-15)18(27)10-29-20(28)19-17(6-7-30-19)25-11-22-23-24-25/h3-9,11H,10H2,1-2H3. The molecular formula is C20H16FN5O3S. The maximum atomic E-state index is 13.6. The van der Waals surface area contributed by atoms with Crippen LogP contribution in [0.15, 0.2) is 48.1 Å². The van der Waals surface area contributed by atoms with Gasteiger partial charge < -0.3 is 9.30 Å². The number of aryl methyl sites for hydroxylation is 1. The van der Waals surface area contributed by atoms with Crippen LogP contribution in [0.3, 0.4) is 0 Å². The lowest BCUT2D eigenvalue weighted by molar-refractivity contribution is 0.0479. The van der Waals surface area contributed by atoms with Crippen LogP contribution < -0.4 is 0 Å². The number of benzene rings is 1. The highest BCUT2D eigenvalue weighted by molar-refractivity contribution is 7.12. The largest absolute Gasteiger partial charge is 0.453 e. The maximum Gasteiger partial charge on any atom is 0.351 e. The lowest BCUT2D eigenvalue weighted by Crippen LogP contribution is -2.15. The number of carbonyl (C=O) groups is 2. The number of tetrazole rings is 1. The van der Waals surface area contributed by atoms with E-state index in [2.05, 4.69) is 15.5 Å². The molecule has 0 atom stereocenters. The molecular weight excluding hydrogens is 409 g/mol. The second-order valence-electron chi connectivity index (χ2n) is 6.49. The second-order valence-corrected chi connectivity index (χ2v) is 7.40. The van der Waals surface area contributed by atoms with Crippen molar-refractivity contribution in [3.05, 3.63) is 75.8 Å². The number of halogens is 1. The molecule has 0 saturated heterocycles. The summed E-state index contributed by atoms with van der Waals surface area (Å²) in [7, 11) is 0. The SMILES string of the molecule is Cc1cc(C(=O)COC(=O)c2sccc2-n2cnnn2)c(C)n1-c1cccc(F)c1. The molecule has 0 fully saturated rings. The molecule has 3 heterocycles. The number of hydrogen-bond acceptors (Lipinski definition) is 7. The van der Waals surface area contributed by atoms with Gasteiger partial charge in [0.25, 0.3) is 0 Å². The van der Waals surface area contributed by atoms with Crippen molar-refractivity contribution in [2.75, 3.05) is 6.61 Å². The van der Waals surface area contributed by atoms with Crippen molar-refractivity contribution in [1.82, 2.24) is 24.8 Å². The van der Waals surface area contributed by atoms with Gasteiger partial charge in [-0.3, -0.25) is 4.79 Å². The molecule has 0 N–H and O–H groups in total. The highest BCUT2D eigenvalue weighted by atomic mass is 32.1. The van der Waals surface area contributed by atoms with Gasteiger partial charge in [0.15, 0.2) is 6.61 Å². The highest BCUT2D eigenvalue weighted by Gasteiger charge is 2.21. The van der Waals surface area contributed by atoms with Crippen molar-refractivity contribution < 1.29 is 18.7 Å². The number of carbonyl (C=O) groups excluding carboxylic acids is 2. The summed E-state index contributed by atoms with van der Waals surface area (Å²) >= 11 is 1.17. The summed E-state index contributed by atoms with van der Waals surface area (Å²) in [6, 6.07) is 9.51. The van der Waals surface area contributed by atoms with Gasteiger partial charge in [0.1, 0.15) is 17.0 Å². The number of nitrogens with zero attached hydrogens (tertiary/aromatic N) is 5. The number of ether oxygens (including phenoxy) is 1. The van der Waals surface area contributed by atoms with Gasteiger partial charge in [-0.05, 0) is 60.0 Å². The van der Waals surface area contributed by atoms with Crippen LogP contribution in [0.1, 0.15) is 31.4 Å². The van der Waals surface area contributed by atoms with E-state index in [1.807, 2.05) is 6.92 Å². The normalized spacial score (nSPS) is 10.9. The fourth-order valence-corrected chi connectivity index (χ4v) is 4.01. The number of aromatic nitrogens is 5. The van der Waals surface area contributed by atoms with E-state index in [0.717, 1.165) is 5.69 Å². The number of esters is 1. The lowest BCUT2D eigenvalue weighted by Gasteiger charge is -2.10. The van der Waals surface area contributed by atoms with Crippen LogP contribution in [-0.2, 0) is 4.74 Å². The Bertz CT molecular complexity index is 1230. The Morgan fingerprint density at radius 1 is 1.20 bits per heavy atom. The van der Waals surface area contributed by atoms with E-state index in [-0.39, 0.29) is 11.6 Å². The Balaban J connectivity index is 1.51. The van der Waals surface area contributed by atoms with E-state index in [1.165, 1.54) is 34.5 Å². The molecule has 8 nitrogen and oxygen atoms in total. The highest BCUT2D eigenvalue weighted by Crippen LogP contribution is 2.23. The summed E-state index contributed by atoms with van der Waals surface area (Å²) in [6.45, 7) is 3.17. The van der Waals surface area contributed by atoms with Crippen LogP contribution in [-0.4, -0.2) is 43.1 Å². The van der Waals surface area contributed by atoms with Gasteiger partial charge in [-0.25, -0.2) is 9.18 Å². The molecule has 0 aliphatic rings. The topological polar surface area (TPSA) is 91.9 Å². The average Bonchev–Trinajstić information content (AvgIpc) is 3.45. The predicted octanol–water partition coefficient (Wildman–Crippen LogP) is 3.31. The van der Waals surface area contributed by atoms with Gasteiger partial charge >= 0.3 is 5.97 Å². The summed E-state index contributed by atoms with van der Waals surface area (Å²) in [5.74, 6) is -1.35. The van der Waals surface area contributed by atoms with Gasteiger partial charge in [-0.1, -0.05) is 6.07 Å². The molecule has 10 heteroatoms. The number of ketones is 1. The first-order valence-corrected chi connectivity index (χ1v) is 9.79. The van der Waals surface area contributed by atoms with Crippen molar-refractivity contribution in [2.45, 2.75) is 13.8 Å². The second kappa shape index (κ2) is 7.99. The van der Waals surface area contributed by atoms with Crippen LogP contribution >= 0.6 is 11.3 Å². The van der Waals surface area contributed by atoms with Crippen LogP contribution in [0, 0.1) is 19.7 Å². The molecule has 4 aromatic rings. The first kappa shape index (κ1) is 19.6. The fourth-order valence-electron chi connectivity index (χ4n) is 3.24. The average molecular weight is 425 g/mol. The monoisotopic (exact) mass is 425 g/mol. The van der Waals surface area contributed by atoms with Gasteiger partial charge in [0.2, 0.25) is 5.78 Å². The molecule has 0 radical (unpaired) electrons. The summed E-state index contributed by atoms with van der Waals surface area (Å²) in [4.78, 5) is 25.5. The molecule has 3 aromatic heterocycles. The Morgan fingerprint density at radius 2 is 2.03 bits per heavy atom. The minimum absolute atomic E-state index is 0.292. The zero-order valence-electron chi connectivity index (χ0n) is 16.1. The lowest BCUT2D eigenvalue weighted by atomic mass is 10.1. The minimum atomic E-state index is -0.636. The van der Waals surface area contributed by atoms with Gasteiger partial charge in [0.05, 0.1) is 5.69 Å². The van der Waals surface area contributed by atoms with Gasteiger partial charge in [-0.15, -0.1) is 16.4 Å². The van der Waals surface area contributed by atoms with Crippen molar-refractivity contribution in [2.24, 2.45) is 0 Å². The van der Waals surface area contributed by atoms with Crippen molar-refractivity contribution >= 4 is 23.1 Å². The van der Waals surface area contributed by atoms with E-state index in [9.17, 15) is 14.0 Å². The predicted molar refractivity (Wildman–Crippen MR) is 107 cm³/mol. The third-order valence-electron chi connectivity index (χ3n) is 4.56. The van der Waals surface area contributed by atoms with Crippen LogP contribution in [0.25, 0.3) is 11.4 Å². The smallest absolute Gasteiger partial charge is 0.351 e. The third-order valence-corrected chi connectivity index (χ3v) is 5.44. The fraction of sp³-hybridized carbons (Fsp3) is 0.150. The van der Waals surface area contributed by atoms with E-state index >= 15 is 0 Å². The minimum Gasteiger partial charge on any atom is -0.453 e. The van der Waals surface area contributed by atoms with Crippen molar-refractivity contribution in [1.29, 1.82) is 0 Å². The van der Waals surface area contributed by atoms with Crippen molar-refractivity contribution in [3.63, 3.8) is 0 Å². The molecule has 30 heavy (non-hydrogen) atoms. The van der Waals surface area contributed by atoms with E-state index in [0.29, 0.717) is 27.5 Å². The summed E-state index contributed by atoms with van der Waals surface area (Å²) < 4.78 is 22.0. The summed E-state index contributed by atoms with van der Waals surface area (Å²) in [5, 5.41) is 12.6. The van der Waals surface area contributed by atoms with Crippen LogP contribution in [0.5, 0.6) is 0 Å². The molecule has 4 rings (SSSR count). The Labute approximate surface area is 174 Å². The molecule has 152 valence electrons. The Kier molecular flexibility index (Phi) is 5.23. The molecule has 1 aromatic carbocycles. The third kappa shape index (κ3) is 3.64. The summed E-state index contributed by atoms with van der Waals surface area (Å²) in [5.41, 5.74) is 2.92. The Morgan fingerprint density at radius 3 is 2.77 bits per heavy atom. The number of rotatable bonds is 6. The number of thiophene rings is 1. The molecule has 0 spiro atoms.